The Labute approximate surface area is 216 Å². The van der Waals surface area contributed by atoms with Crippen LogP contribution in [0.3, 0.4) is 0 Å². The molecule has 0 bridgehead atoms. The van der Waals surface area contributed by atoms with E-state index in [2.05, 4.69) is 14.6 Å². The molecule has 1 aliphatic heterocycles. The lowest BCUT2D eigenvalue weighted by Crippen LogP contribution is -2.38. The van der Waals surface area contributed by atoms with Crippen LogP contribution in [0.5, 0.6) is 5.88 Å². The minimum absolute atomic E-state index is 0.00527. The van der Waals surface area contributed by atoms with Crippen molar-refractivity contribution in [2.24, 2.45) is 0 Å². The maximum Gasteiger partial charge on any atom is 0.261 e. The molecule has 12 heteroatoms. The number of aromatic nitrogens is 1. The topological polar surface area (TPSA) is 109 Å². The monoisotopic (exact) mass is 550 g/mol. The first-order chi connectivity index (χ1) is 17.1. The number of sulfonamides is 2. The molecule has 1 aliphatic rings. The molecule has 0 atom stereocenters. The van der Waals surface area contributed by atoms with Gasteiger partial charge < -0.3 is 9.64 Å². The van der Waals surface area contributed by atoms with E-state index in [1.54, 1.807) is 24.4 Å². The lowest BCUT2D eigenvalue weighted by molar-refractivity contribution is 0.164. The van der Waals surface area contributed by atoms with Crippen molar-refractivity contribution in [1.82, 2.24) is 9.29 Å². The van der Waals surface area contributed by atoms with Gasteiger partial charge in [-0.3, -0.25) is 4.72 Å². The lowest BCUT2D eigenvalue weighted by atomic mass is 10.1. The molecule has 1 fully saturated rings. The number of piperidine rings is 1. The summed E-state index contributed by atoms with van der Waals surface area (Å²) >= 11 is 6.19. The van der Waals surface area contributed by atoms with E-state index >= 15 is 0 Å². The van der Waals surface area contributed by atoms with Gasteiger partial charge in [0.15, 0.2) is 0 Å². The molecule has 1 saturated heterocycles. The van der Waals surface area contributed by atoms with Gasteiger partial charge >= 0.3 is 0 Å². The first-order valence-electron chi connectivity index (χ1n) is 11.2. The van der Waals surface area contributed by atoms with Gasteiger partial charge in [-0.1, -0.05) is 17.7 Å². The minimum atomic E-state index is -4.00. The fourth-order valence-electron chi connectivity index (χ4n) is 3.87. The van der Waals surface area contributed by atoms with Gasteiger partial charge in [-0.15, -0.1) is 0 Å². The Balaban J connectivity index is 1.50. The van der Waals surface area contributed by atoms with Crippen molar-refractivity contribution in [2.75, 3.05) is 36.8 Å². The van der Waals surface area contributed by atoms with Crippen LogP contribution in [0.15, 0.2) is 76.7 Å². The summed E-state index contributed by atoms with van der Waals surface area (Å²) in [7, 11) is -4.85. The average Bonchev–Trinajstić information content (AvgIpc) is 2.85. The fraction of sp³-hybridized carbons (Fsp3) is 0.292. The molecule has 0 spiro atoms. The van der Waals surface area contributed by atoms with Gasteiger partial charge in [0.25, 0.3) is 10.0 Å². The molecular formula is C24H27ClN4O5S2. The number of ether oxygens (including phenoxy) is 1. The number of hydrogen-bond acceptors (Lipinski definition) is 7. The molecule has 3 aromatic rings. The highest BCUT2D eigenvalue weighted by Crippen LogP contribution is 2.33. The average molecular weight is 551 g/mol. The van der Waals surface area contributed by atoms with Crippen LogP contribution in [-0.4, -0.2) is 59.4 Å². The Hall–Kier alpha value is -2.86. The second kappa shape index (κ2) is 10.6. The second-order valence-corrected chi connectivity index (χ2v) is 12.8. The maximum absolute atomic E-state index is 13.1. The van der Waals surface area contributed by atoms with E-state index in [0.717, 1.165) is 17.1 Å². The van der Waals surface area contributed by atoms with Crippen molar-refractivity contribution in [3.05, 3.63) is 71.9 Å². The standard InChI is InChI=1S/C24H27ClN4O5S2/c1-28(2)36(32,33)21-9-7-20(8-10-21)35(30,31)27-22-17-18(25)6-11-23(22)29-15-12-19(13-16-29)34-24-5-3-4-14-26-24/h3-11,14,17,19,27H,12-13,15-16H2,1-2H3. The summed E-state index contributed by atoms with van der Waals surface area (Å²) in [5.41, 5.74) is 1.04. The number of benzene rings is 2. The van der Waals surface area contributed by atoms with Gasteiger partial charge in [0.2, 0.25) is 15.9 Å². The van der Waals surface area contributed by atoms with E-state index in [-0.39, 0.29) is 15.9 Å². The van der Waals surface area contributed by atoms with Gasteiger partial charge in [0.05, 0.1) is 21.2 Å². The van der Waals surface area contributed by atoms with Gasteiger partial charge in [-0.25, -0.2) is 26.1 Å². The SMILES string of the molecule is CN(C)S(=O)(=O)c1ccc(S(=O)(=O)Nc2cc(Cl)ccc2N2CCC(Oc3ccccn3)CC2)cc1. The molecule has 0 saturated carbocycles. The van der Waals surface area contributed by atoms with Gasteiger partial charge in [-0.05, 0) is 48.5 Å². The molecule has 1 aromatic heterocycles. The van der Waals surface area contributed by atoms with Gasteiger partial charge in [-0.2, -0.15) is 0 Å². The quantitative estimate of drug-likeness (QED) is 0.454. The molecule has 4 rings (SSSR count). The van der Waals surface area contributed by atoms with Crippen LogP contribution in [0.1, 0.15) is 12.8 Å². The van der Waals surface area contributed by atoms with Crippen LogP contribution in [0.25, 0.3) is 0 Å². The normalized spacial score (nSPS) is 15.2. The van der Waals surface area contributed by atoms with E-state index < -0.39 is 20.0 Å². The van der Waals surface area contributed by atoms with Crippen LogP contribution < -0.4 is 14.4 Å². The predicted octanol–water partition coefficient (Wildman–Crippen LogP) is 3.83. The number of halogens is 1. The van der Waals surface area contributed by atoms with Gasteiger partial charge in [0, 0.05) is 57.3 Å². The smallest absolute Gasteiger partial charge is 0.261 e. The molecule has 36 heavy (non-hydrogen) atoms. The number of rotatable bonds is 8. The molecule has 192 valence electrons. The third kappa shape index (κ3) is 5.92. The van der Waals surface area contributed by atoms with E-state index in [9.17, 15) is 16.8 Å². The van der Waals surface area contributed by atoms with Crippen LogP contribution in [-0.2, 0) is 20.0 Å². The summed E-state index contributed by atoms with van der Waals surface area (Å²) in [4.78, 5) is 6.23. The second-order valence-electron chi connectivity index (χ2n) is 8.50. The minimum Gasteiger partial charge on any atom is -0.474 e. The highest BCUT2D eigenvalue weighted by Gasteiger charge is 2.25. The van der Waals surface area contributed by atoms with Crippen molar-refractivity contribution in [2.45, 2.75) is 28.7 Å². The Kier molecular flexibility index (Phi) is 7.74. The lowest BCUT2D eigenvalue weighted by Gasteiger charge is -2.34. The maximum atomic E-state index is 13.1. The van der Waals surface area contributed by atoms with E-state index in [0.29, 0.717) is 35.4 Å². The molecule has 0 amide bonds. The highest BCUT2D eigenvalue weighted by molar-refractivity contribution is 7.92. The third-order valence-corrected chi connectivity index (χ3v) is 9.27. The first kappa shape index (κ1) is 26.2. The summed E-state index contributed by atoms with van der Waals surface area (Å²) in [6.07, 6.45) is 3.19. The zero-order valence-electron chi connectivity index (χ0n) is 19.8. The number of hydrogen-bond donors (Lipinski definition) is 1. The van der Waals surface area contributed by atoms with Crippen molar-refractivity contribution < 1.29 is 21.6 Å². The number of nitrogens with zero attached hydrogens (tertiary/aromatic N) is 3. The number of pyridine rings is 1. The predicted molar refractivity (Wildman–Crippen MR) is 140 cm³/mol. The Morgan fingerprint density at radius 3 is 2.25 bits per heavy atom. The zero-order chi connectivity index (χ0) is 25.9. The Bertz CT molecular complexity index is 1410. The summed E-state index contributed by atoms with van der Waals surface area (Å²) in [5, 5.41) is 0.386. The van der Waals surface area contributed by atoms with Crippen molar-refractivity contribution in [1.29, 1.82) is 0 Å². The van der Waals surface area contributed by atoms with Crippen LogP contribution >= 0.6 is 11.6 Å². The fourth-order valence-corrected chi connectivity index (χ4v) is 6.01. The van der Waals surface area contributed by atoms with E-state index in [4.69, 9.17) is 16.3 Å². The zero-order valence-corrected chi connectivity index (χ0v) is 22.2. The Morgan fingerprint density at radius 2 is 1.64 bits per heavy atom. The molecule has 9 nitrogen and oxygen atoms in total. The summed E-state index contributed by atoms with van der Waals surface area (Å²) in [5.74, 6) is 0.584. The Morgan fingerprint density at radius 1 is 0.972 bits per heavy atom. The van der Waals surface area contributed by atoms with Crippen LogP contribution in [0.4, 0.5) is 11.4 Å². The number of anilines is 2. The van der Waals surface area contributed by atoms with E-state index in [1.807, 2.05) is 18.2 Å². The summed E-state index contributed by atoms with van der Waals surface area (Å²) in [6.45, 7) is 1.32. The molecule has 0 unspecified atom stereocenters. The third-order valence-electron chi connectivity index (χ3n) is 5.82. The van der Waals surface area contributed by atoms with Crippen LogP contribution in [0, 0.1) is 0 Å². The highest BCUT2D eigenvalue weighted by atomic mass is 35.5. The number of nitrogens with one attached hydrogen (secondary N) is 1. The summed E-state index contributed by atoms with van der Waals surface area (Å²) < 4.78 is 60.5. The van der Waals surface area contributed by atoms with Crippen LogP contribution in [0.2, 0.25) is 5.02 Å². The van der Waals surface area contributed by atoms with Gasteiger partial charge in [0.1, 0.15) is 6.10 Å². The summed E-state index contributed by atoms with van der Waals surface area (Å²) in [6, 6.07) is 15.7. The van der Waals surface area contributed by atoms with Crippen molar-refractivity contribution >= 4 is 43.0 Å². The molecule has 2 aromatic carbocycles. The largest absolute Gasteiger partial charge is 0.474 e. The first-order valence-corrected chi connectivity index (χ1v) is 14.5. The molecule has 1 N–H and O–H groups in total. The molecular weight excluding hydrogens is 524 g/mol. The molecule has 2 heterocycles. The van der Waals surface area contributed by atoms with Crippen molar-refractivity contribution in [3.63, 3.8) is 0 Å². The molecule has 0 radical (unpaired) electrons. The van der Waals surface area contributed by atoms with E-state index in [1.165, 1.54) is 38.4 Å². The van der Waals surface area contributed by atoms with Crippen molar-refractivity contribution in [3.8, 4) is 5.88 Å². The molecule has 0 aliphatic carbocycles.